The van der Waals surface area contributed by atoms with Gasteiger partial charge in [0.25, 0.3) is 0 Å². The summed E-state index contributed by atoms with van der Waals surface area (Å²) in [6.07, 6.45) is 10.5. The van der Waals surface area contributed by atoms with Crippen LogP contribution in [0.25, 0.3) is 0 Å². The quantitative estimate of drug-likeness (QED) is 0.496. The Morgan fingerprint density at radius 2 is 1.09 bits per heavy atom. The van der Waals surface area contributed by atoms with Crippen LogP contribution in [0.1, 0.15) is 58.8 Å². The molecule has 0 unspecified atom stereocenters. The van der Waals surface area contributed by atoms with Crippen molar-refractivity contribution in [3.8, 4) is 0 Å². The van der Waals surface area contributed by atoms with Crippen LogP contribution < -0.4 is 0 Å². The molecule has 0 atom stereocenters. The second-order valence-electron chi connectivity index (χ2n) is 5.51. The van der Waals surface area contributed by atoms with Crippen LogP contribution in [0, 0.1) is 10.8 Å². The second kappa shape index (κ2) is 2.24. The van der Waals surface area contributed by atoms with E-state index in [4.69, 9.17) is 0 Å². The van der Waals surface area contributed by atoms with Gasteiger partial charge in [0.2, 0.25) is 0 Å². The highest BCUT2D eigenvalue weighted by atomic mass is 14.5. The molecule has 0 N–H and O–H groups in total. The van der Waals surface area contributed by atoms with Gasteiger partial charge in [-0.1, -0.05) is 26.7 Å². The highest BCUT2D eigenvalue weighted by Crippen LogP contribution is 2.54. The van der Waals surface area contributed by atoms with Gasteiger partial charge in [-0.25, -0.2) is 0 Å². The molecule has 0 amide bonds. The molecule has 0 nitrogen and oxygen atoms in total. The van der Waals surface area contributed by atoms with Crippen LogP contribution in [0.15, 0.2) is 0 Å². The van der Waals surface area contributed by atoms with Gasteiger partial charge in [-0.15, -0.1) is 0 Å². The lowest BCUT2D eigenvalue weighted by Crippen LogP contribution is -2.36. The van der Waals surface area contributed by atoms with Crippen molar-refractivity contribution < 1.29 is 0 Å². The molecule has 0 aromatic heterocycles. The lowest BCUT2D eigenvalue weighted by molar-refractivity contribution is 0.0268. The van der Waals surface area contributed by atoms with Crippen LogP contribution in [0.3, 0.4) is 0 Å². The normalized spacial score (nSPS) is 50.7. The molecular weight excluding hydrogens is 132 g/mol. The molecule has 0 heteroatoms. The molecule has 2 fully saturated rings. The summed E-state index contributed by atoms with van der Waals surface area (Å²) < 4.78 is 0. The van der Waals surface area contributed by atoms with E-state index in [0.29, 0.717) is 0 Å². The smallest absolute Gasteiger partial charge is 0.0321 e. The summed E-state index contributed by atoms with van der Waals surface area (Å²) in [6, 6.07) is 0. The molecule has 0 radical (unpaired) electrons. The van der Waals surface area contributed by atoms with Gasteiger partial charge in [-0.2, -0.15) is 0 Å². The molecule has 0 aromatic carbocycles. The molecule has 0 aliphatic heterocycles. The van der Waals surface area contributed by atoms with Gasteiger partial charge in [0.15, 0.2) is 0 Å². The second-order valence-corrected chi connectivity index (χ2v) is 5.51. The predicted octanol–water partition coefficient (Wildman–Crippen LogP) is 3.76. The maximum atomic E-state index is 2.50. The first-order valence-electron chi connectivity index (χ1n) is 5.12. The van der Waals surface area contributed by atoms with E-state index in [0.717, 1.165) is 10.8 Å². The number of hydrogen-bond acceptors (Lipinski definition) is 0. The van der Waals surface area contributed by atoms with Crippen molar-refractivity contribution in [2.24, 2.45) is 10.8 Å². The van der Waals surface area contributed by atoms with E-state index in [1.807, 2.05) is 0 Å². The fourth-order valence-corrected chi connectivity index (χ4v) is 3.52. The minimum atomic E-state index is 0.741. The lowest BCUT2D eigenvalue weighted by atomic mass is 9.56. The molecule has 11 heavy (non-hydrogen) atoms. The Hall–Kier alpha value is 0. The summed E-state index contributed by atoms with van der Waals surface area (Å²) in [5.41, 5.74) is 1.48. The van der Waals surface area contributed by atoms with E-state index in [9.17, 15) is 0 Å². The van der Waals surface area contributed by atoms with Gasteiger partial charge in [-0.3, -0.25) is 0 Å². The summed E-state index contributed by atoms with van der Waals surface area (Å²) in [7, 11) is 0. The third-order valence-corrected chi connectivity index (χ3v) is 3.97. The number of hydrogen-bond donors (Lipinski definition) is 0. The van der Waals surface area contributed by atoms with Gasteiger partial charge in [0.05, 0.1) is 0 Å². The summed E-state index contributed by atoms with van der Waals surface area (Å²) in [4.78, 5) is 0. The van der Waals surface area contributed by atoms with Crippen LogP contribution >= 0.6 is 0 Å². The summed E-state index contributed by atoms with van der Waals surface area (Å²) >= 11 is 0. The Balaban J connectivity index is 2.16. The van der Waals surface area contributed by atoms with Crippen molar-refractivity contribution in [3.05, 3.63) is 0 Å². The molecule has 2 aliphatic carbocycles. The Morgan fingerprint density at radius 1 is 0.727 bits per heavy atom. The zero-order valence-corrected chi connectivity index (χ0v) is 7.95. The van der Waals surface area contributed by atoms with Crippen LogP contribution in [0.5, 0.6) is 0 Å². The average Bonchev–Trinajstić information content (AvgIpc) is 1.83. The van der Waals surface area contributed by atoms with Crippen LogP contribution in [-0.4, -0.2) is 0 Å². The van der Waals surface area contributed by atoms with Gasteiger partial charge in [0.1, 0.15) is 0 Å². The zero-order valence-electron chi connectivity index (χ0n) is 7.95. The summed E-state index contributed by atoms with van der Waals surface area (Å²) in [6.45, 7) is 5.01. The van der Waals surface area contributed by atoms with E-state index in [1.165, 1.54) is 44.9 Å². The molecule has 0 aromatic rings. The molecule has 0 saturated heterocycles. The third kappa shape index (κ3) is 1.32. The number of rotatable bonds is 0. The van der Waals surface area contributed by atoms with E-state index < -0.39 is 0 Å². The Kier molecular flexibility index (Phi) is 1.56. The van der Waals surface area contributed by atoms with E-state index in [2.05, 4.69) is 13.8 Å². The van der Waals surface area contributed by atoms with Gasteiger partial charge in [-0.05, 0) is 42.9 Å². The van der Waals surface area contributed by atoms with E-state index >= 15 is 0 Å². The first-order chi connectivity index (χ1) is 5.12. The molecule has 2 bridgehead atoms. The molecule has 0 heterocycles. The average molecular weight is 152 g/mol. The molecule has 2 rings (SSSR count). The van der Waals surface area contributed by atoms with Gasteiger partial charge in [0, 0.05) is 0 Å². The minimum absolute atomic E-state index is 0.741. The van der Waals surface area contributed by atoms with E-state index in [-0.39, 0.29) is 0 Å². The number of fused-ring (bicyclic) bond motifs is 2. The van der Waals surface area contributed by atoms with Crippen molar-refractivity contribution in [1.82, 2.24) is 0 Å². The third-order valence-electron chi connectivity index (χ3n) is 3.97. The summed E-state index contributed by atoms with van der Waals surface area (Å²) in [5, 5.41) is 0. The summed E-state index contributed by atoms with van der Waals surface area (Å²) in [5.74, 6) is 0. The Bertz CT molecular complexity index is 131. The van der Waals surface area contributed by atoms with Gasteiger partial charge < -0.3 is 0 Å². The molecular formula is C11H20. The monoisotopic (exact) mass is 152 g/mol. The van der Waals surface area contributed by atoms with Crippen molar-refractivity contribution in [2.45, 2.75) is 58.8 Å². The maximum absolute atomic E-state index is 2.50. The van der Waals surface area contributed by atoms with Crippen LogP contribution in [-0.2, 0) is 0 Å². The zero-order chi connectivity index (χ0) is 7.95. The highest BCUT2D eigenvalue weighted by molar-refractivity contribution is 4.93. The predicted molar refractivity (Wildman–Crippen MR) is 48.5 cm³/mol. The molecule has 64 valence electrons. The first-order valence-corrected chi connectivity index (χ1v) is 5.12. The SMILES string of the molecule is CC12CCCC(C)(CCC1)C2. The van der Waals surface area contributed by atoms with Gasteiger partial charge >= 0.3 is 0 Å². The van der Waals surface area contributed by atoms with E-state index in [1.54, 1.807) is 0 Å². The molecule has 0 spiro atoms. The van der Waals surface area contributed by atoms with Crippen molar-refractivity contribution in [3.63, 3.8) is 0 Å². The fourth-order valence-electron chi connectivity index (χ4n) is 3.52. The highest BCUT2D eigenvalue weighted by Gasteiger charge is 2.41. The fraction of sp³-hybridized carbons (Fsp3) is 1.00. The molecule has 2 saturated carbocycles. The minimum Gasteiger partial charge on any atom is -0.0596 e. The largest absolute Gasteiger partial charge is 0.0596 e. The van der Waals surface area contributed by atoms with Crippen LogP contribution in [0.4, 0.5) is 0 Å². The maximum Gasteiger partial charge on any atom is -0.0321 e. The Labute approximate surface area is 70.4 Å². The van der Waals surface area contributed by atoms with Crippen LogP contribution in [0.2, 0.25) is 0 Å². The van der Waals surface area contributed by atoms with Crippen molar-refractivity contribution >= 4 is 0 Å². The standard InChI is InChI=1S/C11H20/c1-10-5-3-7-11(2,9-10)8-4-6-10/h3-9H2,1-2H3. The Morgan fingerprint density at radius 3 is 1.36 bits per heavy atom. The topological polar surface area (TPSA) is 0 Å². The van der Waals surface area contributed by atoms with Crippen molar-refractivity contribution in [2.75, 3.05) is 0 Å². The first kappa shape index (κ1) is 7.64. The molecule has 2 aliphatic rings. The van der Waals surface area contributed by atoms with Crippen molar-refractivity contribution in [1.29, 1.82) is 0 Å². The lowest BCUT2D eigenvalue weighted by Gasteiger charge is -2.49.